The van der Waals surface area contributed by atoms with Gasteiger partial charge in [-0.25, -0.2) is 0 Å². The molecule has 1 aliphatic heterocycles. The number of rotatable bonds is 4. The van der Waals surface area contributed by atoms with Crippen LogP contribution in [-0.4, -0.2) is 15.9 Å². The summed E-state index contributed by atoms with van der Waals surface area (Å²) in [6.07, 6.45) is 0. The summed E-state index contributed by atoms with van der Waals surface area (Å²) < 4.78 is 0. The molecule has 4 rings (SSSR count). The van der Waals surface area contributed by atoms with Gasteiger partial charge in [-0.15, -0.1) is 0 Å². The number of carbonyl (C=O) groups excluding carboxylic acids is 1. The molecule has 1 aliphatic rings. The van der Waals surface area contributed by atoms with Crippen molar-refractivity contribution in [2.45, 2.75) is 26.4 Å². The summed E-state index contributed by atoms with van der Waals surface area (Å²) in [5, 5.41) is 10.8. The first kappa shape index (κ1) is 18.1. The summed E-state index contributed by atoms with van der Waals surface area (Å²) in [7, 11) is 0. The molecule has 0 unspecified atom stereocenters. The lowest BCUT2D eigenvalue weighted by atomic mass is 9.92. The second kappa shape index (κ2) is 7.35. The zero-order chi connectivity index (χ0) is 19.7. The number of benzene rings is 3. The molecular weight excluding hydrogens is 346 g/mol. The monoisotopic (exact) mass is 369 g/mol. The van der Waals surface area contributed by atoms with E-state index in [0.717, 1.165) is 27.8 Å². The van der Waals surface area contributed by atoms with Gasteiger partial charge in [0, 0.05) is 12.1 Å². The number of hydrogen-bond donors (Lipinski definition) is 1. The van der Waals surface area contributed by atoms with Gasteiger partial charge in [0.1, 0.15) is 0 Å². The Kier molecular flexibility index (Phi) is 4.74. The third-order valence-corrected chi connectivity index (χ3v) is 5.26. The molecular formula is C25H23NO2. The van der Waals surface area contributed by atoms with E-state index in [2.05, 4.69) is 0 Å². The lowest BCUT2D eigenvalue weighted by Gasteiger charge is -2.27. The second-order valence-electron chi connectivity index (χ2n) is 7.36. The average molecular weight is 369 g/mol. The molecule has 3 aromatic rings. The van der Waals surface area contributed by atoms with Gasteiger partial charge in [0.2, 0.25) is 0 Å². The third kappa shape index (κ3) is 3.31. The number of aryl methyl sites for hydroxylation is 2. The van der Waals surface area contributed by atoms with Crippen molar-refractivity contribution in [3.63, 3.8) is 0 Å². The minimum atomic E-state index is -0.329. The zero-order valence-electron chi connectivity index (χ0n) is 16.1. The lowest BCUT2D eigenvalue weighted by molar-refractivity contribution is -0.130. The summed E-state index contributed by atoms with van der Waals surface area (Å²) in [5.41, 5.74) is 5.87. The first-order valence-corrected chi connectivity index (χ1v) is 9.46. The molecule has 1 heterocycles. The van der Waals surface area contributed by atoms with Crippen LogP contribution in [0.4, 0.5) is 0 Å². The van der Waals surface area contributed by atoms with Gasteiger partial charge in [0.05, 0.1) is 6.04 Å². The van der Waals surface area contributed by atoms with E-state index in [1.54, 1.807) is 4.90 Å². The Hall–Kier alpha value is -3.33. The molecule has 28 heavy (non-hydrogen) atoms. The van der Waals surface area contributed by atoms with Crippen LogP contribution in [0, 0.1) is 13.8 Å². The molecule has 0 fully saturated rings. The normalized spacial score (nSPS) is 16.7. The van der Waals surface area contributed by atoms with E-state index >= 15 is 0 Å². The van der Waals surface area contributed by atoms with Crippen LogP contribution in [0.1, 0.15) is 33.9 Å². The molecule has 0 radical (unpaired) electrons. The van der Waals surface area contributed by atoms with Gasteiger partial charge in [0.15, 0.2) is 5.76 Å². The smallest absolute Gasteiger partial charge is 0.290 e. The van der Waals surface area contributed by atoms with E-state index in [-0.39, 0.29) is 17.7 Å². The molecule has 3 aromatic carbocycles. The van der Waals surface area contributed by atoms with Crippen LogP contribution in [0.25, 0.3) is 5.57 Å². The Bertz CT molecular complexity index is 1020. The first-order valence-electron chi connectivity index (χ1n) is 9.46. The molecule has 3 heteroatoms. The second-order valence-corrected chi connectivity index (χ2v) is 7.36. The lowest BCUT2D eigenvalue weighted by Crippen LogP contribution is -2.29. The van der Waals surface area contributed by atoms with Crippen molar-refractivity contribution in [2.24, 2.45) is 0 Å². The standard InChI is InChI=1S/C25H23NO2/c1-17-8-12-20(13-9-17)22-23(21-14-10-18(2)11-15-21)26(25(28)24(22)27)16-19-6-4-3-5-7-19/h3-15,23,27H,16H2,1-2H3/t23-/m1/s1. The van der Waals surface area contributed by atoms with Crippen molar-refractivity contribution in [2.75, 3.05) is 0 Å². The van der Waals surface area contributed by atoms with Crippen molar-refractivity contribution < 1.29 is 9.90 Å². The highest BCUT2D eigenvalue weighted by molar-refractivity contribution is 6.05. The van der Waals surface area contributed by atoms with Crippen molar-refractivity contribution in [3.8, 4) is 0 Å². The molecule has 140 valence electrons. The molecule has 1 atom stereocenters. The molecule has 0 aliphatic carbocycles. The number of carbonyl (C=O) groups is 1. The largest absolute Gasteiger partial charge is 0.503 e. The van der Waals surface area contributed by atoms with Crippen LogP contribution < -0.4 is 0 Å². The Labute approximate surface area is 165 Å². The minimum Gasteiger partial charge on any atom is -0.503 e. The average Bonchev–Trinajstić information content (AvgIpc) is 2.95. The Morgan fingerprint density at radius 1 is 0.821 bits per heavy atom. The summed E-state index contributed by atoms with van der Waals surface area (Å²) >= 11 is 0. The Balaban J connectivity index is 1.81. The Morgan fingerprint density at radius 3 is 2.00 bits per heavy atom. The Morgan fingerprint density at radius 2 is 1.39 bits per heavy atom. The van der Waals surface area contributed by atoms with Crippen molar-refractivity contribution in [3.05, 3.63) is 112 Å². The van der Waals surface area contributed by atoms with Crippen LogP contribution in [0.2, 0.25) is 0 Å². The van der Waals surface area contributed by atoms with Gasteiger partial charge in [-0.1, -0.05) is 90.0 Å². The van der Waals surface area contributed by atoms with Crippen LogP contribution in [0.3, 0.4) is 0 Å². The van der Waals surface area contributed by atoms with Crippen LogP contribution in [-0.2, 0) is 11.3 Å². The summed E-state index contributed by atoms with van der Waals surface area (Å²) in [4.78, 5) is 14.8. The molecule has 0 saturated heterocycles. The van der Waals surface area contributed by atoms with Gasteiger partial charge in [-0.3, -0.25) is 4.79 Å². The molecule has 0 saturated carbocycles. The minimum absolute atomic E-state index is 0.162. The molecule has 0 aromatic heterocycles. The topological polar surface area (TPSA) is 40.5 Å². The van der Waals surface area contributed by atoms with Gasteiger partial charge >= 0.3 is 0 Å². The number of aliphatic hydroxyl groups is 1. The van der Waals surface area contributed by atoms with E-state index < -0.39 is 0 Å². The van der Waals surface area contributed by atoms with Crippen molar-refractivity contribution in [1.29, 1.82) is 0 Å². The highest BCUT2D eigenvalue weighted by atomic mass is 16.3. The molecule has 0 spiro atoms. The molecule has 3 nitrogen and oxygen atoms in total. The maximum absolute atomic E-state index is 13.0. The highest BCUT2D eigenvalue weighted by Crippen LogP contribution is 2.43. The first-order chi connectivity index (χ1) is 13.5. The molecule has 0 bridgehead atoms. The predicted molar refractivity (Wildman–Crippen MR) is 112 cm³/mol. The number of hydrogen-bond acceptors (Lipinski definition) is 2. The van der Waals surface area contributed by atoms with Crippen LogP contribution >= 0.6 is 0 Å². The quantitative estimate of drug-likeness (QED) is 0.673. The summed E-state index contributed by atoms with van der Waals surface area (Å²) in [6.45, 7) is 4.51. The van der Waals surface area contributed by atoms with E-state index in [4.69, 9.17) is 0 Å². The van der Waals surface area contributed by atoms with Gasteiger partial charge in [-0.05, 0) is 30.5 Å². The number of nitrogens with zero attached hydrogens (tertiary/aromatic N) is 1. The molecule has 1 N–H and O–H groups in total. The SMILES string of the molecule is Cc1ccc(C2=C(O)C(=O)N(Cc3ccccc3)[C@@H]2c2ccc(C)cc2)cc1. The third-order valence-electron chi connectivity index (χ3n) is 5.26. The fourth-order valence-corrected chi connectivity index (χ4v) is 3.72. The summed E-state index contributed by atoms with van der Waals surface area (Å²) in [5.74, 6) is -0.490. The maximum atomic E-state index is 13.0. The highest BCUT2D eigenvalue weighted by Gasteiger charge is 2.40. The van der Waals surface area contributed by atoms with E-state index in [1.807, 2.05) is 92.7 Å². The van der Waals surface area contributed by atoms with Gasteiger partial charge in [-0.2, -0.15) is 0 Å². The van der Waals surface area contributed by atoms with E-state index in [1.165, 1.54) is 0 Å². The fraction of sp³-hybridized carbons (Fsp3) is 0.160. The van der Waals surface area contributed by atoms with Crippen LogP contribution in [0.5, 0.6) is 0 Å². The number of amides is 1. The summed E-state index contributed by atoms with van der Waals surface area (Å²) in [6, 6.07) is 25.7. The maximum Gasteiger partial charge on any atom is 0.290 e. The fourth-order valence-electron chi connectivity index (χ4n) is 3.72. The van der Waals surface area contributed by atoms with Crippen molar-refractivity contribution >= 4 is 11.5 Å². The predicted octanol–water partition coefficient (Wildman–Crippen LogP) is 5.36. The van der Waals surface area contributed by atoms with Crippen molar-refractivity contribution in [1.82, 2.24) is 4.90 Å². The van der Waals surface area contributed by atoms with Gasteiger partial charge < -0.3 is 10.0 Å². The van der Waals surface area contributed by atoms with Crippen LogP contribution in [0.15, 0.2) is 84.6 Å². The van der Waals surface area contributed by atoms with E-state index in [0.29, 0.717) is 12.1 Å². The number of aliphatic hydroxyl groups excluding tert-OH is 1. The van der Waals surface area contributed by atoms with Gasteiger partial charge in [0.25, 0.3) is 5.91 Å². The molecule has 1 amide bonds. The zero-order valence-corrected chi connectivity index (χ0v) is 16.1. The van der Waals surface area contributed by atoms with E-state index in [9.17, 15) is 9.90 Å².